The fraction of sp³-hybridized carbons (Fsp3) is 0.190. The van der Waals surface area contributed by atoms with Crippen LogP contribution in [0.15, 0.2) is 60.7 Å². The monoisotopic (exact) mass is 344 g/mol. The molecule has 0 unspecified atom stereocenters. The van der Waals surface area contributed by atoms with Crippen LogP contribution in [0.5, 0.6) is 0 Å². The molecule has 3 aromatic rings. The van der Waals surface area contributed by atoms with Crippen molar-refractivity contribution in [2.75, 3.05) is 16.8 Å². The van der Waals surface area contributed by atoms with E-state index in [1.54, 1.807) is 6.07 Å². The van der Waals surface area contributed by atoms with E-state index in [4.69, 9.17) is 0 Å². The number of hydrogen-bond donors (Lipinski definition) is 1. The number of benzene rings is 2. The summed E-state index contributed by atoms with van der Waals surface area (Å²) in [5, 5.41) is 11.2. The van der Waals surface area contributed by atoms with Crippen LogP contribution >= 0.6 is 0 Å². The quantitative estimate of drug-likeness (QED) is 0.777. The van der Waals surface area contributed by atoms with Crippen LogP contribution in [0.4, 0.5) is 17.2 Å². The van der Waals surface area contributed by atoms with E-state index in [-0.39, 0.29) is 5.91 Å². The van der Waals surface area contributed by atoms with Crippen LogP contribution in [0.1, 0.15) is 28.5 Å². The zero-order valence-electron chi connectivity index (χ0n) is 14.6. The van der Waals surface area contributed by atoms with Crippen molar-refractivity contribution < 1.29 is 4.79 Å². The highest BCUT2D eigenvalue weighted by atomic mass is 16.1. The molecule has 2 heterocycles. The maximum atomic E-state index is 12.4. The molecule has 0 atom stereocenters. The third-order valence-electron chi connectivity index (χ3n) is 4.67. The van der Waals surface area contributed by atoms with Crippen LogP contribution in [0, 0.1) is 0 Å². The molecule has 0 spiro atoms. The maximum absolute atomic E-state index is 12.4. The molecule has 5 heteroatoms. The van der Waals surface area contributed by atoms with E-state index in [0.717, 1.165) is 36.6 Å². The molecule has 1 aromatic heterocycles. The van der Waals surface area contributed by atoms with E-state index in [1.165, 1.54) is 11.1 Å². The van der Waals surface area contributed by atoms with Crippen molar-refractivity contribution >= 4 is 23.1 Å². The highest BCUT2D eigenvalue weighted by molar-refractivity contribution is 6.02. The lowest BCUT2D eigenvalue weighted by Crippen LogP contribution is -2.18. The molecule has 0 saturated carbocycles. The van der Waals surface area contributed by atoms with Crippen LogP contribution in [-0.2, 0) is 12.8 Å². The summed E-state index contributed by atoms with van der Waals surface area (Å²) in [6.07, 6.45) is 1.97. The van der Waals surface area contributed by atoms with E-state index in [0.29, 0.717) is 5.69 Å². The van der Waals surface area contributed by atoms with Gasteiger partial charge in [-0.3, -0.25) is 4.79 Å². The molecule has 0 aliphatic carbocycles. The number of hydrogen-bond acceptors (Lipinski definition) is 4. The summed E-state index contributed by atoms with van der Waals surface area (Å²) in [5.41, 5.74) is 4.77. The number of carbonyl (C=O) groups excluding carboxylic acids is 1. The van der Waals surface area contributed by atoms with Gasteiger partial charge in [-0.05, 0) is 54.3 Å². The number of nitrogens with one attached hydrogen (secondary N) is 1. The minimum Gasteiger partial charge on any atom is -0.324 e. The largest absolute Gasteiger partial charge is 0.324 e. The Morgan fingerprint density at radius 1 is 1.04 bits per heavy atom. The standard InChI is InChI=1S/C21H20N4O/c1-2-15-7-9-17(10-8-15)22-21(26)18-11-12-20(24-23-18)25-14-13-16-5-3-4-6-19(16)25/h3-12H,2,13-14H2,1H3,(H,22,26). The van der Waals surface area contributed by atoms with E-state index in [1.807, 2.05) is 36.4 Å². The number of rotatable bonds is 4. The summed E-state index contributed by atoms with van der Waals surface area (Å²) in [7, 11) is 0. The molecule has 1 N–H and O–H groups in total. The van der Waals surface area contributed by atoms with Crippen molar-refractivity contribution in [3.8, 4) is 0 Å². The smallest absolute Gasteiger partial charge is 0.276 e. The third-order valence-corrected chi connectivity index (χ3v) is 4.67. The van der Waals surface area contributed by atoms with Gasteiger partial charge in [-0.2, -0.15) is 0 Å². The lowest BCUT2D eigenvalue weighted by atomic mass is 10.1. The molecule has 26 heavy (non-hydrogen) atoms. The first-order chi connectivity index (χ1) is 12.7. The number of nitrogens with zero attached hydrogens (tertiary/aromatic N) is 3. The number of amides is 1. The third kappa shape index (κ3) is 3.16. The fourth-order valence-electron chi connectivity index (χ4n) is 3.19. The molecule has 2 aromatic carbocycles. The molecule has 0 radical (unpaired) electrons. The summed E-state index contributed by atoms with van der Waals surface area (Å²) in [6.45, 7) is 2.98. The molecular weight excluding hydrogens is 324 g/mol. The molecule has 1 aliphatic heterocycles. The first kappa shape index (κ1) is 16.3. The Labute approximate surface area is 152 Å². The Bertz CT molecular complexity index is 920. The molecular formula is C21H20N4O. The highest BCUT2D eigenvalue weighted by Crippen LogP contribution is 2.32. The van der Waals surface area contributed by atoms with E-state index >= 15 is 0 Å². The van der Waals surface area contributed by atoms with Crippen LogP contribution in [-0.4, -0.2) is 22.6 Å². The van der Waals surface area contributed by atoms with Gasteiger partial charge in [0, 0.05) is 17.9 Å². The summed E-state index contributed by atoms with van der Waals surface area (Å²) in [5.74, 6) is 0.508. The van der Waals surface area contributed by atoms with Crippen LogP contribution < -0.4 is 10.2 Å². The zero-order chi connectivity index (χ0) is 17.9. The molecule has 1 aliphatic rings. The van der Waals surface area contributed by atoms with Crippen molar-refractivity contribution in [1.82, 2.24) is 10.2 Å². The number of aromatic nitrogens is 2. The Hall–Kier alpha value is -3.21. The summed E-state index contributed by atoms with van der Waals surface area (Å²) in [4.78, 5) is 14.5. The predicted molar refractivity (Wildman–Crippen MR) is 103 cm³/mol. The first-order valence-electron chi connectivity index (χ1n) is 8.84. The fourth-order valence-corrected chi connectivity index (χ4v) is 3.19. The van der Waals surface area contributed by atoms with Crippen molar-refractivity contribution in [2.24, 2.45) is 0 Å². The van der Waals surface area contributed by atoms with Gasteiger partial charge in [-0.1, -0.05) is 37.3 Å². The Balaban J connectivity index is 1.48. The SMILES string of the molecule is CCc1ccc(NC(=O)c2ccc(N3CCc4ccccc43)nn2)cc1. The summed E-state index contributed by atoms with van der Waals surface area (Å²) < 4.78 is 0. The van der Waals surface area contributed by atoms with Crippen LogP contribution in [0.25, 0.3) is 0 Å². The summed E-state index contributed by atoms with van der Waals surface area (Å²) in [6, 6.07) is 19.7. The Morgan fingerprint density at radius 3 is 2.58 bits per heavy atom. The second kappa shape index (κ2) is 6.96. The van der Waals surface area contributed by atoms with Crippen molar-refractivity contribution in [1.29, 1.82) is 0 Å². The predicted octanol–water partition coefficient (Wildman–Crippen LogP) is 3.99. The number of fused-ring (bicyclic) bond motifs is 1. The van der Waals surface area contributed by atoms with Crippen LogP contribution in [0.2, 0.25) is 0 Å². The molecule has 1 amide bonds. The van der Waals surface area contributed by atoms with Gasteiger partial charge < -0.3 is 10.2 Å². The van der Waals surface area contributed by atoms with E-state index < -0.39 is 0 Å². The van der Waals surface area contributed by atoms with Gasteiger partial charge in [0.25, 0.3) is 5.91 Å². The van der Waals surface area contributed by atoms with E-state index in [9.17, 15) is 4.79 Å². The molecule has 5 nitrogen and oxygen atoms in total. The van der Waals surface area contributed by atoms with Gasteiger partial charge in [0.2, 0.25) is 0 Å². The second-order valence-electron chi connectivity index (χ2n) is 6.31. The minimum atomic E-state index is -0.255. The topological polar surface area (TPSA) is 58.1 Å². The molecule has 4 rings (SSSR count). The Morgan fingerprint density at radius 2 is 1.85 bits per heavy atom. The van der Waals surface area contributed by atoms with Crippen molar-refractivity contribution in [3.63, 3.8) is 0 Å². The average molecular weight is 344 g/mol. The normalized spacial score (nSPS) is 12.7. The number of anilines is 3. The zero-order valence-corrected chi connectivity index (χ0v) is 14.6. The minimum absolute atomic E-state index is 0.255. The van der Waals surface area contributed by atoms with Crippen LogP contribution in [0.3, 0.4) is 0 Å². The highest BCUT2D eigenvalue weighted by Gasteiger charge is 2.21. The van der Waals surface area contributed by atoms with Gasteiger partial charge >= 0.3 is 0 Å². The van der Waals surface area contributed by atoms with Crippen molar-refractivity contribution in [2.45, 2.75) is 19.8 Å². The first-order valence-corrected chi connectivity index (χ1v) is 8.84. The Kier molecular flexibility index (Phi) is 4.35. The average Bonchev–Trinajstić information content (AvgIpc) is 3.13. The summed E-state index contributed by atoms with van der Waals surface area (Å²) >= 11 is 0. The number of carbonyl (C=O) groups is 1. The molecule has 0 fully saturated rings. The van der Waals surface area contributed by atoms with Gasteiger partial charge in [0.05, 0.1) is 0 Å². The number of para-hydroxylation sites is 1. The molecule has 0 saturated heterocycles. The maximum Gasteiger partial charge on any atom is 0.276 e. The van der Waals surface area contributed by atoms with E-state index in [2.05, 4.69) is 45.5 Å². The van der Waals surface area contributed by atoms with Gasteiger partial charge in [-0.15, -0.1) is 10.2 Å². The van der Waals surface area contributed by atoms with Gasteiger partial charge in [0.15, 0.2) is 11.5 Å². The molecule has 0 bridgehead atoms. The number of aryl methyl sites for hydroxylation is 1. The van der Waals surface area contributed by atoms with Gasteiger partial charge in [0.1, 0.15) is 0 Å². The van der Waals surface area contributed by atoms with Crippen molar-refractivity contribution in [3.05, 3.63) is 77.5 Å². The lowest BCUT2D eigenvalue weighted by Gasteiger charge is -2.17. The lowest BCUT2D eigenvalue weighted by molar-refractivity contribution is 0.102. The van der Waals surface area contributed by atoms with Gasteiger partial charge in [-0.25, -0.2) is 0 Å². The second-order valence-corrected chi connectivity index (χ2v) is 6.31. The molecule has 130 valence electrons.